The van der Waals surface area contributed by atoms with Gasteiger partial charge < -0.3 is 60.6 Å². The zero-order valence-corrected chi connectivity index (χ0v) is 46.6. The molecule has 2 saturated heterocycles. The van der Waals surface area contributed by atoms with E-state index in [4.69, 9.17) is 37.4 Å². The predicted octanol–water partition coefficient (Wildman–Crippen LogP) is 7.25. The molecule has 4 unspecified atom stereocenters. The number of ether oxygens (including phenoxy) is 3. The summed E-state index contributed by atoms with van der Waals surface area (Å²) in [5.41, 5.74) is 5.81. The van der Waals surface area contributed by atoms with Crippen molar-refractivity contribution in [2.45, 2.75) is 71.7 Å². The van der Waals surface area contributed by atoms with Crippen molar-refractivity contribution in [1.82, 2.24) is 40.7 Å². The molecule has 5 aromatic rings. The third kappa shape index (κ3) is 14.5. The van der Waals surface area contributed by atoms with Gasteiger partial charge >= 0.3 is 12.1 Å². The number of anilines is 5. The minimum Gasteiger partial charge on any atom is -0.495 e. The number of aryl methyl sites for hydroxylation is 1. The molecule has 77 heavy (non-hydrogen) atoms. The van der Waals surface area contributed by atoms with Gasteiger partial charge in [-0.1, -0.05) is 68.2 Å². The molecule has 0 aliphatic carbocycles. The Balaban J connectivity index is 0.802. The number of carbonyl (C=O) groups is 5. The van der Waals surface area contributed by atoms with Crippen molar-refractivity contribution in [3.05, 3.63) is 93.8 Å². The van der Waals surface area contributed by atoms with Crippen LogP contribution in [0.15, 0.2) is 72.5 Å². The topological polar surface area (TPSA) is 245 Å². The number of likely N-dealkylation sites (tertiary alicyclic amines) is 1. The average Bonchev–Trinajstić information content (AvgIpc) is 4.05. The van der Waals surface area contributed by atoms with Crippen LogP contribution in [0.4, 0.5) is 38.3 Å². The molecule has 3 aromatic carbocycles. The third-order valence-electron chi connectivity index (χ3n) is 13.2. The van der Waals surface area contributed by atoms with Gasteiger partial charge in [-0.05, 0) is 54.7 Å². The Morgan fingerprint density at radius 2 is 1.57 bits per heavy atom. The Morgan fingerprint density at radius 3 is 2.19 bits per heavy atom. The summed E-state index contributed by atoms with van der Waals surface area (Å²) in [4.78, 5) is 87.9. The van der Waals surface area contributed by atoms with Gasteiger partial charge in [0.25, 0.3) is 0 Å². The van der Waals surface area contributed by atoms with Crippen LogP contribution in [-0.2, 0) is 19.1 Å². The molecule has 2 aromatic heterocycles. The lowest BCUT2D eigenvalue weighted by Gasteiger charge is -2.36. The van der Waals surface area contributed by atoms with Crippen LogP contribution in [0.2, 0.25) is 10.0 Å². The van der Waals surface area contributed by atoms with Crippen LogP contribution in [0.1, 0.15) is 57.8 Å². The van der Waals surface area contributed by atoms with E-state index in [-0.39, 0.29) is 84.4 Å². The first-order valence-corrected chi connectivity index (χ1v) is 26.7. The lowest BCUT2D eigenvalue weighted by molar-refractivity contribution is -0.144. The fourth-order valence-electron chi connectivity index (χ4n) is 8.82. The predicted molar refractivity (Wildman–Crippen MR) is 298 cm³/mol. The van der Waals surface area contributed by atoms with E-state index in [0.29, 0.717) is 37.8 Å². The zero-order valence-electron chi connectivity index (χ0n) is 44.3. The van der Waals surface area contributed by atoms with Crippen molar-refractivity contribution in [2.75, 3.05) is 94.2 Å². The number of thiazole rings is 1. The molecule has 412 valence electrons. The minimum atomic E-state index is -0.977. The molecule has 0 spiro atoms. The van der Waals surface area contributed by atoms with Crippen molar-refractivity contribution in [1.29, 1.82) is 0 Å². The van der Waals surface area contributed by atoms with Crippen molar-refractivity contribution in [2.24, 2.45) is 5.41 Å². The zero-order chi connectivity index (χ0) is 55.6. The van der Waals surface area contributed by atoms with Gasteiger partial charge in [0.1, 0.15) is 51.6 Å². The fourth-order valence-corrected chi connectivity index (χ4v) is 10.2. The van der Waals surface area contributed by atoms with Crippen LogP contribution in [0.5, 0.6) is 11.5 Å². The normalized spacial score (nSPS) is 16.3. The number of nitrogens with zero attached hydrogens (tertiary/aromatic N) is 7. The summed E-state index contributed by atoms with van der Waals surface area (Å²) in [6, 6.07) is 15.7. The number of piperazine rings is 1. The van der Waals surface area contributed by atoms with Gasteiger partial charge in [-0.25, -0.2) is 24.5 Å². The number of amides is 7. The number of carbonyl (C=O) groups excluding carboxylic acids is 5. The highest BCUT2D eigenvalue weighted by molar-refractivity contribution is 7.13. The van der Waals surface area contributed by atoms with Gasteiger partial charge in [0.15, 0.2) is 0 Å². The second-order valence-electron chi connectivity index (χ2n) is 19.7. The smallest absolute Gasteiger partial charge is 0.327 e. The largest absolute Gasteiger partial charge is 0.495 e. The van der Waals surface area contributed by atoms with Gasteiger partial charge in [-0.2, -0.15) is 0 Å². The van der Waals surface area contributed by atoms with Gasteiger partial charge in [-0.15, -0.1) is 11.3 Å². The van der Waals surface area contributed by atoms with E-state index in [0.717, 1.165) is 33.1 Å². The quantitative estimate of drug-likeness (QED) is 0.0446. The number of urea groups is 2. The highest BCUT2D eigenvalue weighted by Gasteiger charge is 2.45. The molecule has 6 N–H and O–H groups in total. The van der Waals surface area contributed by atoms with Crippen molar-refractivity contribution in [3.8, 4) is 21.9 Å². The maximum absolute atomic E-state index is 14.1. The van der Waals surface area contributed by atoms with E-state index in [1.54, 1.807) is 22.3 Å². The first-order valence-electron chi connectivity index (χ1n) is 25.0. The highest BCUT2D eigenvalue weighted by Crippen LogP contribution is 2.44. The molecule has 21 nitrogen and oxygen atoms in total. The molecule has 7 rings (SSSR count). The number of benzene rings is 3. The Morgan fingerprint density at radius 1 is 0.896 bits per heavy atom. The van der Waals surface area contributed by atoms with Gasteiger partial charge in [-0.3, -0.25) is 19.3 Å². The Bertz CT molecular complexity index is 2850. The standard InChI is InChI=1S/C53H66Cl2N12O9S/c1-31(33-9-11-34(12-10-33)47-32(2)59-30-77-47)60-49(70)38-25-37(68)28-67(38)50(71)48(53(3,4)5)62-43(69)17-23-76-24-18-56-51(72)66-21-19-65(20-22-66)36-15-13-35(14-16-36)61-41-27-42(58-29-57-41)64(6)52(73)63-46-44(54)39(74-7)26-40(75-8)45(46)55/h9-16,26-27,29-31,37-38,48,68H,17-25,28H2,1-8H3,(H,56,72)(H,60,70)(H,62,69)(H,63,73)(H,57,58,61). The van der Waals surface area contributed by atoms with Crippen molar-refractivity contribution >= 4 is 93.0 Å². The average molecular weight is 1120 g/mol. The van der Waals surface area contributed by atoms with Crippen LogP contribution >= 0.6 is 34.5 Å². The molecular weight excluding hydrogens is 1050 g/mol. The molecular formula is C53H66Cl2N12O9S. The van der Waals surface area contributed by atoms with Gasteiger partial charge in [0.05, 0.1) is 61.3 Å². The minimum absolute atomic E-state index is 0.0342. The van der Waals surface area contributed by atoms with Gasteiger partial charge in [0.2, 0.25) is 17.7 Å². The lowest BCUT2D eigenvalue weighted by Crippen LogP contribution is -2.58. The Kier molecular flexibility index (Phi) is 19.4. The molecule has 4 heterocycles. The number of β-amino-alcohol motifs (C(OH)–C–C–N with tert-alkyl or cyclic N) is 1. The second-order valence-corrected chi connectivity index (χ2v) is 21.3. The van der Waals surface area contributed by atoms with Crippen LogP contribution in [0, 0.1) is 12.3 Å². The number of aliphatic hydroxyl groups excluding tert-OH is 1. The molecule has 2 aliphatic rings. The van der Waals surface area contributed by atoms with E-state index < -0.39 is 41.4 Å². The maximum atomic E-state index is 14.1. The molecule has 0 saturated carbocycles. The van der Waals surface area contributed by atoms with Crippen LogP contribution in [0.25, 0.3) is 10.4 Å². The first-order chi connectivity index (χ1) is 36.8. The third-order valence-corrected chi connectivity index (χ3v) is 15.0. The number of nitrogens with one attached hydrogen (secondary N) is 5. The number of hydrogen-bond donors (Lipinski definition) is 6. The van der Waals surface area contributed by atoms with Crippen molar-refractivity contribution < 1.29 is 43.3 Å². The summed E-state index contributed by atoms with van der Waals surface area (Å²) in [7, 11) is 4.41. The van der Waals surface area contributed by atoms with E-state index >= 15 is 0 Å². The number of aliphatic hydroxyl groups is 1. The summed E-state index contributed by atoms with van der Waals surface area (Å²) in [5, 5.41) is 25.6. The maximum Gasteiger partial charge on any atom is 0.327 e. The van der Waals surface area contributed by atoms with Crippen LogP contribution in [-0.4, -0.2) is 152 Å². The van der Waals surface area contributed by atoms with E-state index in [1.807, 2.05) is 88.7 Å². The number of methoxy groups -OCH3 is 2. The lowest BCUT2D eigenvalue weighted by atomic mass is 9.85. The number of rotatable bonds is 19. The van der Waals surface area contributed by atoms with E-state index in [9.17, 15) is 29.1 Å². The highest BCUT2D eigenvalue weighted by atomic mass is 35.5. The van der Waals surface area contributed by atoms with E-state index in [2.05, 4.69) is 46.4 Å². The summed E-state index contributed by atoms with van der Waals surface area (Å²) in [5.74, 6) is 0.0346. The Labute approximate surface area is 462 Å². The number of hydrogen-bond acceptors (Lipinski definition) is 15. The van der Waals surface area contributed by atoms with E-state index in [1.165, 1.54) is 43.5 Å². The molecule has 2 fully saturated rings. The molecule has 4 atom stereocenters. The molecule has 24 heteroatoms. The number of halogens is 2. The van der Waals surface area contributed by atoms with Crippen LogP contribution < -0.4 is 45.9 Å². The summed E-state index contributed by atoms with van der Waals surface area (Å²) < 4.78 is 16.3. The first kappa shape index (κ1) is 57.7. The van der Waals surface area contributed by atoms with Crippen molar-refractivity contribution in [3.63, 3.8) is 0 Å². The van der Waals surface area contributed by atoms with Gasteiger partial charge in [0, 0.05) is 82.7 Å². The second kappa shape index (κ2) is 25.9. The SMILES string of the molecule is COc1cc(OC)c(Cl)c(NC(=O)N(C)c2cc(Nc3ccc(N4CCN(C(=O)NCCOCCC(=O)NC(C(=O)N5CC(O)CC5C(=O)NC(C)c5ccc(-c6scnc6C)cc5)C(C)(C)C)CC4)cc3)ncn2)c1Cl. The summed E-state index contributed by atoms with van der Waals surface area (Å²) in [6.45, 7) is 12.0. The van der Waals surface area contributed by atoms with Crippen LogP contribution in [0.3, 0.4) is 0 Å². The summed E-state index contributed by atoms with van der Waals surface area (Å²) in [6.07, 6.45) is 0.479. The molecule has 2 aliphatic heterocycles. The monoisotopic (exact) mass is 1120 g/mol. The number of aromatic nitrogens is 3. The summed E-state index contributed by atoms with van der Waals surface area (Å²) >= 11 is 14.5. The molecule has 0 radical (unpaired) electrons. The Hall–Kier alpha value is -6.98. The molecule has 0 bridgehead atoms. The molecule has 7 amide bonds. The fraction of sp³-hybridized carbons (Fsp3) is 0.434.